The smallest absolute Gasteiger partial charge is 0.264 e. The third-order valence-corrected chi connectivity index (χ3v) is 4.65. The van der Waals surface area contributed by atoms with Crippen molar-refractivity contribution < 1.29 is 4.52 Å². The number of fused-ring (bicyclic) bond motifs is 1. The molecular formula is C20H13ClN6O2. The molecule has 0 saturated heterocycles. The van der Waals surface area contributed by atoms with Gasteiger partial charge in [0.25, 0.3) is 5.56 Å². The van der Waals surface area contributed by atoms with Gasteiger partial charge in [-0.2, -0.15) is 10.1 Å². The van der Waals surface area contributed by atoms with Crippen LogP contribution < -0.4 is 5.56 Å². The molecule has 0 amide bonds. The normalized spacial score (nSPS) is 11.2. The number of para-hydroxylation sites is 1. The summed E-state index contributed by atoms with van der Waals surface area (Å²) in [6.07, 6.45) is 2.97. The third-order valence-electron chi connectivity index (χ3n) is 4.41. The maximum absolute atomic E-state index is 12.9. The fraction of sp³-hybridized carbons (Fsp3) is 0.0500. The van der Waals surface area contributed by atoms with Gasteiger partial charge in [0.05, 0.1) is 11.9 Å². The summed E-state index contributed by atoms with van der Waals surface area (Å²) in [4.78, 5) is 21.6. The molecule has 0 unspecified atom stereocenters. The highest BCUT2D eigenvalue weighted by Gasteiger charge is 2.14. The van der Waals surface area contributed by atoms with E-state index in [1.165, 1.54) is 17.1 Å². The molecule has 5 aromatic rings. The summed E-state index contributed by atoms with van der Waals surface area (Å²) >= 11 is 6.01. The summed E-state index contributed by atoms with van der Waals surface area (Å²) in [7, 11) is 0. The van der Waals surface area contributed by atoms with Crippen molar-refractivity contribution >= 4 is 22.6 Å². The Morgan fingerprint density at radius 1 is 1.07 bits per heavy atom. The van der Waals surface area contributed by atoms with Crippen molar-refractivity contribution in [3.63, 3.8) is 0 Å². The van der Waals surface area contributed by atoms with Gasteiger partial charge in [-0.25, -0.2) is 9.67 Å². The molecule has 0 aliphatic heterocycles. The number of rotatable bonds is 4. The first-order valence-electron chi connectivity index (χ1n) is 8.76. The third kappa shape index (κ3) is 3.19. The number of halogens is 1. The van der Waals surface area contributed by atoms with Crippen LogP contribution in [0.3, 0.4) is 0 Å². The molecule has 5 rings (SSSR count). The molecular weight excluding hydrogens is 392 g/mol. The van der Waals surface area contributed by atoms with Crippen molar-refractivity contribution in [2.24, 2.45) is 0 Å². The van der Waals surface area contributed by atoms with Crippen LogP contribution in [0.15, 0.2) is 76.4 Å². The number of aromatic nitrogens is 6. The maximum Gasteiger partial charge on any atom is 0.264 e. The molecule has 0 bridgehead atoms. The van der Waals surface area contributed by atoms with E-state index in [2.05, 4.69) is 20.2 Å². The predicted octanol–water partition coefficient (Wildman–Crippen LogP) is 3.33. The average molecular weight is 405 g/mol. The van der Waals surface area contributed by atoms with Crippen LogP contribution in [0.1, 0.15) is 5.89 Å². The molecule has 142 valence electrons. The highest BCUT2D eigenvalue weighted by molar-refractivity contribution is 6.30. The Labute approximate surface area is 169 Å². The highest BCUT2D eigenvalue weighted by Crippen LogP contribution is 2.20. The lowest BCUT2D eigenvalue weighted by atomic mass is 10.2. The van der Waals surface area contributed by atoms with E-state index in [4.69, 9.17) is 16.1 Å². The molecule has 8 nitrogen and oxygen atoms in total. The fourth-order valence-electron chi connectivity index (χ4n) is 3.03. The van der Waals surface area contributed by atoms with Crippen LogP contribution in [0.2, 0.25) is 5.02 Å². The van der Waals surface area contributed by atoms with Gasteiger partial charge in [0.1, 0.15) is 18.3 Å². The minimum Gasteiger partial charge on any atom is -0.337 e. The fourth-order valence-corrected chi connectivity index (χ4v) is 3.22. The maximum atomic E-state index is 12.9. The Kier molecular flexibility index (Phi) is 4.18. The number of benzene rings is 2. The van der Waals surface area contributed by atoms with E-state index < -0.39 is 0 Å². The topological polar surface area (TPSA) is 91.6 Å². The first kappa shape index (κ1) is 17.3. The van der Waals surface area contributed by atoms with Gasteiger partial charge in [0.15, 0.2) is 5.65 Å². The summed E-state index contributed by atoms with van der Waals surface area (Å²) in [6, 6.07) is 16.7. The zero-order valence-corrected chi connectivity index (χ0v) is 15.7. The van der Waals surface area contributed by atoms with Crippen molar-refractivity contribution in [1.29, 1.82) is 0 Å². The lowest BCUT2D eigenvalue weighted by Gasteiger charge is -2.04. The predicted molar refractivity (Wildman–Crippen MR) is 107 cm³/mol. The molecule has 9 heteroatoms. The van der Waals surface area contributed by atoms with Gasteiger partial charge < -0.3 is 4.52 Å². The van der Waals surface area contributed by atoms with Gasteiger partial charge in [0, 0.05) is 10.6 Å². The average Bonchev–Trinajstić information content (AvgIpc) is 3.38. The summed E-state index contributed by atoms with van der Waals surface area (Å²) < 4.78 is 8.33. The van der Waals surface area contributed by atoms with E-state index in [9.17, 15) is 4.79 Å². The van der Waals surface area contributed by atoms with E-state index in [-0.39, 0.29) is 12.1 Å². The summed E-state index contributed by atoms with van der Waals surface area (Å²) in [5, 5.41) is 9.25. The van der Waals surface area contributed by atoms with Crippen LogP contribution in [0.5, 0.6) is 0 Å². The Hall–Kier alpha value is -3.78. The van der Waals surface area contributed by atoms with Crippen molar-refractivity contribution in [1.82, 2.24) is 29.5 Å². The molecule has 0 aliphatic carbocycles. The molecule has 3 heterocycles. The van der Waals surface area contributed by atoms with Gasteiger partial charge >= 0.3 is 0 Å². The van der Waals surface area contributed by atoms with E-state index in [1.54, 1.807) is 22.9 Å². The Bertz CT molecular complexity index is 1370. The van der Waals surface area contributed by atoms with Crippen LogP contribution in [0, 0.1) is 0 Å². The van der Waals surface area contributed by atoms with E-state index >= 15 is 0 Å². The molecule has 2 aromatic carbocycles. The second kappa shape index (κ2) is 6.99. The quantitative estimate of drug-likeness (QED) is 0.456. The largest absolute Gasteiger partial charge is 0.337 e. The number of hydrogen-bond donors (Lipinski definition) is 0. The van der Waals surface area contributed by atoms with Crippen LogP contribution in [0.4, 0.5) is 0 Å². The molecule has 0 radical (unpaired) electrons. The van der Waals surface area contributed by atoms with Crippen molar-refractivity contribution in [2.75, 3.05) is 0 Å². The standard InChI is InChI=1S/C20H13ClN6O2/c21-14-6-4-5-13(9-14)18-24-17(29-25-18)11-26-12-22-19-16(20(26)28)10-23-27(19)15-7-2-1-3-8-15/h1-10,12H,11H2. The van der Waals surface area contributed by atoms with E-state index in [0.717, 1.165) is 11.3 Å². The molecule has 0 spiro atoms. The summed E-state index contributed by atoms with van der Waals surface area (Å²) in [5.41, 5.74) is 1.81. The minimum atomic E-state index is -0.236. The van der Waals surface area contributed by atoms with Crippen LogP contribution in [-0.2, 0) is 6.54 Å². The summed E-state index contributed by atoms with van der Waals surface area (Å²) in [6.45, 7) is 0.103. The van der Waals surface area contributed by atoms with E-state index in [1.807, 2.05) is 36.4 Å². The minimum absolute atomic E-state index is 0.103. The van der Waals surface area contributed by atoms with Gasteiger partial charge in [0.2, 0.25) is 11.7 Å². The summed E-state index contributed by atoms with van der Waals surface area (Å²) in [5.74, 6) is 0.695. The highest BCUT2D eigenvalue weighted by atomic mass is 35.5. The molecule has 0 atom stereocenters. The molecule has 3 aromatic heterocycles. The molecule has 0 fully saturated rings. The Balaban J connectivity index is 1.48. The second-order valence-electron chi connectivity index (χ2n) is 6.33. The van der Waals surface area contributed by atoms with Gasteiger partial charge in [-0.05, 0) is 24.3 Å². The second-order valence-corrected chi connectivity index (χ2v) is 6.77. The van der Waals surface area contributed by atoms with Crippen molar-refractivity contribution in [2.45, 2.75) is 6.54 Å². The van der Waals surface area contributed by atoms with Gasteiger partial charge in [-0.15, -0.1) is 0 Å². The van der Waals surface area contributed by atoms with Crippen LogP contribution in [0.25, 0.3) is 28.1 Å². The van der Waals surface area contributed by atoms with Crippen LogP contribution in [-0.4, -0.2) is 29.5 Å². The van der Waals surface area contributed by atoms with E-state index in [0.29, 0.717) is 27.8 Å². The van der Waals surface area contributed by atoms with Gasteiger partial charge in [-0.3, -0.25) is 9.36 Å². The lowest BCUT2D eigenvalue weighted by molar-refractivity contribution is 0.369. The Morgan fingerprint density at radius 2 is 1.93 bits per heavy atom. The first-order valence-corrected chi connectivity index (χ1v) is 9.14. The Morgan fingerprint density at radius 3 is 2.76 bits per heavy atom. The first-order chi connectivity index (χ1) is 14.2. The lowest BCUT2D eigenvalue weighted by Crippen LogP contribution is -2.21. The van der Waals surface area contributed by atoms with Crippen molar-refractivity contribution in [3.8, 4) is 17.1 Å². The number of nitrogens with zero attached hydrogens (tertiary/aromatic N) is 6. The molecule has 0 saturated carbocycles. The monoisotopic (exact) mass is 404 g/mol. The zero-order valence-electron chi connectivity index (χ0n) is 14.9. The van der Waals surface area contributed by atoms with Gasteiger partial charge in [-0.1, -0.05) is 47.1 Å². The zero-order chi connectivity index (χ0) is 19.8. The molecule has 0 N–H and O–H groups in total. The SMILES string of the molecule is O=c1c2cnn(-c3ccccc3)c2ncn1Cc1nc(-c2cccc(Cl)c2)no1. The van der Waals surface area contributed by atoms with Crippen molar-refractivity contribution in [3.05, 3.63) is 88.4 Å². The van der Waals surface area contributed by atoms with Crippen LogP contribution >= 0.6 is 11.6 Å². The number of hydrogen-bond acceptors (Lipinski definition) is 6. The molecule has 29 heavy (non-hydrogen) atoms. The molecule has 0 aliphatic rings.